The maximum atomic E-state index is 13.7. The van der Waals surface area contributed by atoms with Gasteiger partial charge in [0.05, 0.1) is 28.4 Å². The highest BCUT2D eigenvalue weighted by Gasteiger charge is 2.27. The average molecular weight is 496 g/mol. The number of rotatable bonds is 6. The maximum Gasteiger partial charge on any atom is 0.355 e. The van der Waals surface area contributed by atoms with E-state index >= 15 is 0 Å². The van der Waals surface area contributed by atoms with E-state index in [-0.39, 0.29) is 16.4 Å². The molecule has 0 aliphatic rings. The molecule has 0 saturated carbocycles. The molecule has 4 aromatic rings. The zero-order valence-electron chi connectivity index (χ0n) is 19.4. The first-order valence-electron chi connectivity index (χ1n) is 10.3. The van der Waals surface area contributed by atoms with E-state index in [1.54, 1.807) is 48.5 Å². The summed E-state index contributed by atoms with van der Waals surface area (Å²) < 4.78 is 22.8. The van der Waals surface area contributed by atoms with Crippen LogP contribution in [0.4, 0.5) is 5.69 Å². The molecule has 0 aliphatic carbocycles. The Hall–Kier alpha value is -4.24. The van der Waals surface area contributed by atoms with Gasteiger partial charge in [0.25, 0.3) is 5.56 Å². The summed E-state index contributed by atoms with van der Waals surface area (Å²) in [5.74, 6) is 0.353. The molecule has 0 spiro atoms. The van der Waals surface area contributed by atoms with Gasteiger partial charge in [-0.15, -0.1) is 0 Å². The normalized spacial score (nSPS) is 10.8. The zero-order chi connectivity index (χ0) is 25.3. The number of hydrogen-bond acceptors (Lipinski definition) is 8. The topological polar surface area (TPSA) is 115 Å². The largest absolute Gasteiger partial charge is 0.493 e. The number of ether oxygens (including phenoxy) is 4. The Morgan fingerprint density at radius 3 is 2.11 bits per heavy atom. The highest BCUT2D eigenvalue weighted by Crippen LogP contribution is 2.43. The molecule has 0 amide bonds. The van der Waals surface area contributed by atoms with E-state index in [2.05, 4.69) is 4.98 Å². The van der Waals surface area contributed by atoms with Gasteiger partial charge in [-0.2, -0.15) is 0 Å². The van der Waals surface area contributed by atoms with Crippen LogP contribution in [0.3, 0.4) is 0 Å². The van der Waals surface area contributed by atoms with Crippen LogP contribution in [0, 0.1) is 0 Å². The Morgan fingerprint density at radius 2 is 1.57 bits per heavy atom. The number of nitrogens with two attached hydrogens (primary N) is 1. The third-order valence-electron chi connectivity index (χ3n) is 5.48. The number of hydrogen-bond donors (Lipinski definition) is 1. The number of esters is 1. The van der Waals surface area contributed by atoms with Gasteiger partial charge in [-0.3, -0.25) is 9.36 Å². The molecule has 0 aliphatic heterocycles. The number of aromatic nitrogens is 2. The van der Waals surface area contributed by atoms with Gasteiger partial charge in [0.2, 0.25) is 5.75 Å². The molecule has 2 aromatic carbocycles. The average Bonchev–Trinajstić information content (AvgIpc) is 2.88. The smallest absolute Gasteiger partial charge is 0.355 e. The summed E-state index contributed by atoms with van der Waals surface area (Å²) in [7, 11) is 5.69. The van der Waals surface area contributed by atoms with Crippen LogP contribution in [0.5, 0.6) is 17.2 Å². The minimum atomic E-state index is -0.737. The first kappa shape index (κ1) is 23.9. The van der Waals surface area contributed by atoms with Crippen molar-refractivity contribution in [3.63, 3.8) is 0 Å². The molecule has 0 bridgehead atoms. The van der Waals surface area contributed by atoms with Gasteiger partial charge in [0.1, 0.15) is 16.4 Å². The number of fused-ring (bicyclic) bond motifs is 1. The van der Waals surface area contributed by atoms with Crippen molar-refractivity contribution in [3.05, 3.63) is 69.7 Å². The van der Waals surface area contributed by atoms with Crippen LogP contribution in [0.25, 0.3) is 27.7 Å². The van der Waals surface area contributed by atoms with E-state index in [0.29, 0.717) is 45.1 Å². The summed E-state index contributed by atoms with van der Waals surface area (Å²) in [4.78, 5) is 31.2. The number of methoxy groups -OCH3 is 4. The van der Waals surface area contributed by atoms with Crippen LogP contribution < -0.4 is 25.5 Å². The van der Waals surface area contributed by atoms with Gasteiger partial charge in [-0.25, -0.2) is 9.78 Å². The Balaban J connectivity index is 2.25. The summed E-state index contributed by atoms with van der Waals surface area (Å²) in [5, 5.41) is 0.515. The van der Waals surface area contributed by atoms with Crippen molar-refractivity contribution in [1.29, 1.82) is 0 Å². The summed E-state index contributed by atoms with van der Waals surface area (Å²) in [6.07, 6.45) is 0. The van der Waals surface area contributed by atoms with Gasteiger partial charge in [0.15, 0.2) is 11.5 Å². The van der Waals surface area contributed by atoms with Gasteiger partial charge >= 0.3 is 5.97 Å². The van der Waals surface area contributed by atoms with E-state index in [1.807, 2.05) is 0 Å². The summed E-state index contributed by atoms with van der Waals surface area (Å²) in [5.41, 5.74) is 7.08. The van der Waals surface area contributed by atoms with Crippen LogP contribution in [-0.2, 0) is 4.74 Å². The number of pyridine rings is 2. The second-order valence-electron chi connectivity index (χ2n) is 7.39. The second kappa shape index (κ2) is 9.55. The van der Waals surface area contributed by atoms with Crippen molar-refractivity contribution >= 4 is 34.2 Å². The lowest BCUT2D eigenvalue weighted by Crippen LogP contribution is -2.27. The molecule has 180 valence electrons. The minimum Gasteiger partial charge on any atom is -0.493 e. The van der Waals surface area contributed by atoms with Crippen LogP contribution in [-0.4, -0.2) is 44.0 Å². The van der Waals surface area contributed by atoms with Crippen molar-refractivity contribution in [2.75, 3.05) is 34.2 Å². The first-order chi connectivity index (χ1) is 16.8. The lowest BCUT2D eigenvalue weighted by Gasteiger charge is -2.20. The lowest BCUT2D eigenvalue weighted by molar-refractivity contribution is 0.0591. The molecule has 0 saturated heterocycles. The molecule has 9 nitrogen and oxygen atoms in total. The number of nitrogen functional groups attached to an aromatic ring is 1. The number of benzene rings is 2. The van der Waals surface area contributed by atoms with Crippen molar-refractivity contribution < 1.29 is 23.7 Å². The number of anilines is 1. The molecule has 35 heavy (non-hydrogen) atoms. The summed E-state index contributed by atoms with van der Waals surface area (Å²) in [6.45, 7) is 0. The number of carbonyl (C=O) groups is 1. The second-order valence-corrected chi connectivity index (χ2v) is 7.78. The molecule has 2 N–H and O–H groups in total. The van der Waals surface area contributed by atoms with Gasteiger partial charge in [0, 0.05) is 22.3 Å². The lowest BCUT2D eigenvalue weighted by atomic mass is 9.97. The maximum absolute atomic E-state index is 13.7. The van der Waals surface area contributed by atoms with Gasteiger partial charge in [-0.05, 0) is 54.1 Å². The van der Waals surface area contributed by atoms with Crippen molar-refractivity contribution in [2.45, 2.75) is 0 Å². The molecule has 2 heterocycles. The van der Waals surface area contributed by atoms with Crippen molar-refractivity contribution in [1.82, 2.24) is 9.55 Å². The first-order valence-corrected chi connectivity index (χ1v) is 10.7. The molecular formula is C25H22ClN3O6. The summed E-state index contributed by atoms with van der Waals surface area (Å²) >= 11 is 6.15. The highest BCUT2D eigenvalue weighted by atomic mass is 35.5. The van der Waals surface area contributed by atoms with Gasteiger partial charge in [-0.1, -0.05) is 11.6 Å². The third-order valence-corrected chi connectivity index (χ3v) is 5.69. The van der Waals surface area contributed by atoms with E-state index in [4.69, 9.17) is 36.3 Å². The fourth-order valence-electron chi connectivity index (χ4n) is 3.92. The minimum absolute atomic E-state index is 0.0202. The molecule has 2 aromatic heterocycles. The van der Waals surface area contributed by atoms with Crippen molar-refractivity contribution in [2.24, 2.45) is 0 Å². The highest BCUT2D eigenvalue weighted by molar-refractivity contribution is 6.30. The number of carbonyl (C=O) groups excluding carboxylic acids is 1. The van der Waals surface area contributed by atoms with Crippen LogP contribution in [0.1, 0.15) is 10.5 Å². The van der Waals surface area contributed by atoms with Crippen LogP contribution in [0.15, 0.2) is 53.3 Å². The molecule has 4 rings (SSSR count). The monoisotopic (exact) mass is 495 g/mol. The van der Waals surface area contributed by atoms with E-state index in [9.17, 15) is 9.59 Å². The summed E-state index contributed by atoms with van der Waals surface area (Å²) in [6, 6.07) is 13.0. The molecule has 0 atom stereocenters. The van der Waals surface area contributed by atoms with Crippen molar-refractivity contribution in [3.8, 4) is 34.1 Å². The quantitative estimate of drug-likeness (QED) is 0.241. The van der Waals surface area contributed by atoms with E-state index in [0.717, 1.165) is 0 Å². The Kier molecular flexibility index (Phi) is 6.52. The van der Waals surface area contributed by atoms with Crippen LogP contribution >= 0.6 is 11.6 Å². The Bertz CT molecular complexity index is 1470. The molecule has 0 unspecified atom stereocenters. The van der Waals surface area contributed by atoms with Crippen LogP contribution in [0.2, 0.25) is 5.15 Å². The van der Waals surface area contributed by atoms with E-state index < -0.39 is 11.5 Å². The third kappa shape index (κ3) is 4.10. The fourth-order valence-corrected chi connectivity index (χ4v) is 4.07. The fraction of sp³-hybridized carbons (Fsp3) is 0.160. The molecule has 0 fully saturated rings. The Labute approximate surface area is 205 Å². The predicted molar refractivity (Wildman–Crippen MR) is 133 cm³/mol. The zero-order valence-corrected chi connectivity index (χ0v) is 20.2. The molecule has 0 radical (unpaired) electrons. The SMILES string of the molecule is COC(=O)c1c(-c2cc(OC)c(OC)c(OC)c2)c2ccc(Cl)nc2c(=O)n1-c1ccc(N)cc1. The van der Waals surface area contributed by atoms with E-state index in [1.165, 1.54) is 33.0 Å². The van der Waals surface area contributed by atoms with Gasteiger partial charge < -0.3 is 24.7 Å². The Morgan fingerprint density at radius 1 is 0.943 bits per heavy atom. The standard InChI is InChI=1S/C25H22ClN3O6/c1-32-17-11-13(12-18(33-2)23(17)34-3)20-16-9-10-19(26)28-21(16)24(30)29(22(20)25(31)35-4)15-7-5-14(27)6-8-15/h5-12H,27H2,1-4H3. The molecule has 10 heteroatoms. The molecular weight excluding hydrogens is 474 g/mol. The number of nitrogens with zero attached hydrogens (tertiary/aromatic N) is 2. The predicted octanol–water partition coefficient (Wildman–Crippen LogP) is 4.10. The number of halogens is 1.